The lowest BCUT2D eigenvalue weighted by Gasteiger charge is -2.10. The van der Waals surface area contributed by atoms with Gasteiger partial charge in [-0.05, 0) is 73.2 Å². The van der Waals surface area contributed by atoms with Gasteiger partial charge in [0.2, 0.25) is 0 Å². The lowest BCUT2D eigenvalue weighted by atomic mass is 10.2. The molecule has 1 amide bonds. The molecule has 1 N–H and O–H groups in total. The third kappa shape index (κ3) is 6.71. The van der Waals surface area contributed by atoms with Gasteiger partial charge in [-0.25, -0.2) is 0 Å². The molecule has 0 heterocycles. The average Bonchev–Trinajstić information content (AvgIpc) is 2.77. The number of ether oxygens (including phenoxy) is 3. The zero-order valence-corrected chi connectivity index (χ0v) is 17.0. The van der Waals surface area contributed by atoms with E-state index in [1.165, 1.54) is 0 Å². The molecule has 154 valence electrons. The fraction of sp³-hybridized carbons (Fsp3) is 0.160. The summed E-state index contributed by atoms with van der Waals surface area (Å²) in [6, 6.07) is 23.8. The molecular weight excluding hydrogens is 378 g/mol. The van der Waals surface area contributed by atoms with Gasteiger partial charge < -0.3 is 19.5 Å². The number of carbonyl (C=O) groups is 1. The van der Waals surface area contributed by atoms with Crippen LogP contribution in [0.5, 0.6) is 17.2 Å². The van der Waals surface area contributed by atoms with Gasteiger partial charge in [-0.1, -0.05) is 24.8 Å². The smallest absolute Gasteiger partial charge is 0.255 e. The van der Waals surface area contributed by atoms with Gasteiger partial charge in [0.15, 0.2) is 0 Å². The molecule has 3 aromatic rings. The van der Waals surface area contributed by atoms with Gasteiger partial charge in [0.05, 0.1) is 0 Å². The molecule has 0 aromatic heterocycles. The van der Waals surface area contributed by atoms with Crippen LogP contribution in [0.4, 0.5) is 5.69 Å². The second-order valence-electron chi connectivity index (χ2n) is 6.76. The first-order valence-electron chi connectivity index (χ1n) is 9.69. The first-order valence-corrected chi connectivity index (χ1v) is 9.69. The first-order chi connectivity index (χ1) is 14.6. The number of amides is 1. The van der Waals surface area contributed by atoms with E-state index in [0.717, 1.165) is 17.1 Å². The Morgan fingerprint density at radius 3 is 1.90 bits per heavy atom. The van der Waals surface area contributed by atoms with E-state index in [-0.39, 0.29) is 5.91 Å². The Labute approximate surface area is 176 Å². The number of para-hydroxylation sites is 1. The molecule has 5 heteroatoms. The van der Waals surface area contributed by atoms with Gasteiger partial charge >= 0.3 is 0 Å². The molecule has 0 spiro atoms. The van der Waals surface area contributed by atoms with Crippen LogP contribution in [0.3, 0.4) is 0 Å². The largest absolute Gasteiger partial charge is 0.490 e. The summed E-state index contributed by atoms with van der Waals surface area (Å²) in [6.45, 7) is 7.04. The Morgan fingerprint density at radius 1 is 0.767 bits per heavy atom. The molecule has 0 aliphatic rings. The van der Waals surface area contributed by atoms with Crippen molar-refractivity contribution in [2.75, 3.05) is 25.1 Å². The van der Waals surface area contributed by atoms with Crippen molar-refractivity contribution >= 4 is 11.6 Å². The maximum absolute atomic E-state index is 12.4. The molecule has 0 atom stereocenters. The number of hydrogen-bond donors (Lipinski definition) is 1. The van der Waals surface area contributed by atoms with E-state index in [2.05, 4.69) is 11.9 Å². The van der Waals surface area contributed by atoms with Gasteiger partial charge in [0, 0.05) is 11.3 Å². The first kappa shape index (κ1) is 21.0. The molecule has 0 bridgehead atoms. The maximum Gasteiger partial charge on any atom is 0.255 e. The zero-order valence-electron chi connectivity index (χ0n) is 17.0. The van der Waals surface area contributed by atoms with E-state index in [9.17, 15) is 4.79 Å². The number of rotatable bonds is 10. The predicted octanol–water partition coefficient (Wildman–Crippen LogP) is 5.35. The van der Waals surface area contributed by atoms with Crippen molar-refractivity contribution in [2.24, 2.45) is 0 Å². The van der Waals surface area contributed by atoms with Gasteiger partial charge in [0.1, 0.15) is 37.1 Å². The van der Waals surface area contributed by atoms with Crippen LogP contribution in [0.25, 0.3) is 0 Å². The second kappa shape index (κ2) is 10.7. The highest BCUT2D eigenvalue weighted by Crippen LogP contribution is 2.18. The topological polar surface area (TPSA) is 56.8 Å². The highest BCUT2D eigenvalue weighted by molar-refractivity contribution is 6.04. The van der Waals surface area contributed by atoms with Crippen molar-refractivity contribution in [1.82, 2.24) is 0 Å². The molecular formula is C25H25NO4. The Morgan fingerprint density at radius 2 is 1.30 bits per heavy atom. The van der Waals surface area contributed by atoms with E-state index >= 15 is 0 Å². The minimum absolute atomic E-state index is 0.190. The van der Waals surface area contributed by atoms with E-state index in [1.807, 2.05) is 49.4 Å². The molecule has 0 fully saturated rings. The minimum atomic E-state index is -0.190. The molecule has 30 heavy (non-hydrogen) atoms. The maximum atomic E-state index is 12.4. The summed E-state index contributed by atoms with van der Waals surface area (Å²) in [4.78, 5) is 12.4. The molecule has 0 saturated carbocycles. The normalized spacial score (nSPS) is 10.2. The monoisotopic (exact) mass is 403 g/mol. The Bertz CT molecular complexity index is 951. The molecule has 3 aromatic carbocycles. The molecule has 0 aliphatic heterocycles. The van der Waals surface area contributed by atoms with Crippen LogP contribution in [0.15, 0.2) is 91.0 Å². The quantitative estimate of drug-likeness (QED) is 0.366. The van der Waals surface area contributed by atoms with Crippen LogP contribution in [0.2, 0.25) is 0 Å². The number of anilines is 1. The third-order valence-electron chi connectivity index (χ3n) is 4.08. The van der Waals surface area contributed by atoms with Crippen LogP contribution in [-0.2, 0) is 0 Å². The number of carbonyl (C=O) groups excluding carboxylic acids is 1. The van der Waals surface area contributed by atoms with Crippen molar-refractivity contribution in [1.29, 1.82) is 0 Å². The number of nitrogens with one attached hydrogen (secondary N) is 1. The Kier molecular flexibility index (Phi) is 7.50. The Hall–Kier alpha value is -3.73. The standard InChI is InChI=1S/C25H25NO4/c1-19(2)18-30-24-14-10-21(11-15-24)26-25(27)20-8-12-23(13-9-20)29-17-16-28-22-6-4-3-5-7-22/h3-15H,1,16-18H2,2H3,(H,26,27). The highest BCUT2D eigenvalue weighted by atomic mass is 16.5. The SMILES string of the molecule is C=C(C)COc1ccc(NC(=O)c2ccc(OCCOc3ccccc3)cc2)cc1. The summed E-state index contributed by atoms with van der Waals surface area (Å²) in [6.07, 6.45) is 0. The predicted molar refractivity (Wildman–Crippen MR) is 119 cm³/mol. The van der Waals surface area contributed by atoms with Gasteiger partial charge in [-0.15, -0.1) is 0 Å². The average molecular weight is 403 g/mol. The summed E-state index contributed by atoms with van der Waals surface area (Å²) >= 11 is 0. The number of hydrogen-bond acceptors (Lipinski definition) is 4. The van der Waals surface area contributed by atoms with E-state index in [1.54, 1.807) is 36.4 Å². The molecule has 0 saturated heterocycles. The van der Waals surface area contributed by atoms with Crippen molar-refractivity contribution in [3.8, 4) is 17.2 Å². The fourth-order valence-corrected chi connectivity index (χ4v) is 2.58. The van der Waals surface area contributed by atoms with Crippen LogP contribution in [0.1, 0.15) is 17.3 Å². The molecule has 3 rings (SSSR count). The molecule has 0 aliphatic carbocycles. The lowest BCUT2D eigenvalue weighted by Crippen LogP contribution is -2.12. The summed E-state index contributed by atoms with van der Waals surface area (Å²) in [7, 11) is 0. The van der Waals surface area contributed by atoms with Crippen molar-refractivity contribution < 1.29 is 19.0 Å². The van der Waals surface area contributed by atoms with Crippen LogP contribution in [0, 0.1) is 0 Å². The summed E-state index contributed by atoms with van der Waals surface area (Å²) in [5.41, 5.74) is 2.19. The zero-order chi connectivity index (χ0) is 21.2. The van der Waals surface area contributed by atoms with Gasteiger partial charge in [-0.3, -0.25) is 4.79 Å². The molecule has 5 nitrogen and oxygen atoms in total. The van der Waals surface area contributed by atoms with E-state index in [0.29, 0.717) is 36.8 Å². The van der Waals surface area contributed by atoms with Crippen molar-refractivity contribution in [2.45, 2.75) is 6.92 Å². The summed E-state index contributed by atoms with van der Waals surface area (Å²) < 4.78 is 16.8. The second-order valence-corrected chi connectivity index (χ2v) is 6.76. The minimum Gasteiger partial charge on any atom is -0.490 e. The van der Waals surface area contributed by atoms with Crippen LogP contribution >= 0.6 is 0 Å². The van der Waals surface area contributed by atoms with Gasteiger partial charge in [0.25, 0.3) is 5.91 Å². The highest BCUT2D eigenvalue weighted by Gasteiger charge is 2.07. The van der Waals surface area contributed by atoms with Crippen molar-refractivity contribution in [3.63, 3.8) is 0 Å². The Balaban J connectivity index is 1.44. The fourth-order valence-electron chi connectivity index (χ4n) is 2.58. The third-order valence-corrected chi connectivity index (χ3v) is 4.08. The van der Waals surface area contributed by atoms with Gasteiger partial charge in [-0.2, -0.15) is 0 Å². The lowest BCUT2D eigenvalue weighted by molar-refractivity contribution is 0.102. The van der Waals surface area contributed by atoms with Crippen LogP contribution < -0.4 is 19.5 Å². The number of benzene rings is 3. The van der Waals surface area contributed by atoms with Crippen LogP contribution in [-0.4, -0.2) is 25.7 Å². The van der Waals surface area contributed by atoms with E-state index in [4.69, 9.17) is 14.2 Å². The van der Waals surface area contributed by atoms with Crippen molar-refractivity contribution in [3.05, 3.63) is 96.6 Å². The molecule has 0 radical (unpaired) electrons. The molecule has 0 unspecified atom stereocenters. The summed E-state index contributed by atoms with van der Waals surface area (Å²) in [5.74, 6) is 2.03. The van der Waals surface area contributed by atoms with E-state index < -0.39 is 0 Å². The summed E-state index contributed by atoms with van der Waals surface area (Å²) in [5, 5.41) is 2.87.